The summed E-state index contributed by atoms with van der Waals surface area (Å²) in [4.78, 5) is 12.6. The van der Waals surface area contributed by atoms with E-state index in [0.717, 1.165) is 18.4 Å². The van der Waals surface area contributed by atoms with Crippen molar-refractivity contribution in [2.24, 2.45) is 11.1 Å². The van der Waals surface area contributed by atoms with Gasteiger partial charge in [0.25, 0.3) is 0 Å². The minimum atomic E-state index is -0.364. The highest BCUT2D eigenvalue weighted by atomic mass is 16.5. The molecule has 1 aliphatic rings. The van der Waals surface area contributed by atoms with Crippen LogP contribution in [0.5, 0.6) is 0 Å². The third kappa shape index (κ3) is 3.04. The summed E-state index contributed by atoms with van der Waals surface area (Å²) in [6.07, 6.45) is 2.00. The Morgan fingerprint density at radius 1 is 1.26 bits per heavy atom. The predicted octanol–water partition coefficient (Wildman–Crippen LogP) is 2.17. The third-order valence-electron chi connectivity index (χ3n) is 4.37. The first-order valence-electron chi connectivity index (χ1n) is 6.95. The van der Waals surface area contributed by atoms with Crippen LogP contribution in [0.1, 0.15) is 29.5 Å². The molecule has 1 aromatic carbocycles. The summed E-state index contributed by atoms with van der Waals surface area (Å²) in [5, 5.41) is 0. The Balaban J connectivity index is 2.12. The average molecular weight is 261 g/mol. The summed E-state index contributed by atoms with van der Waals surface area (Å²) in [5.74, 6) is 0.265. The van der Waals surface area contributed by atoms with Crippen molar-refractivity contribution in [3.8, 4) is 0 Å². The van der Waals surface area contributed by atoms with E-state index in [4.69, 9.17) is 10.5 Å². The molecular formula is C16H23NO2. The predicted molar refractivity (Wildman–Crippen MR) is 76.2 cm³/mol. The van der Waals surface area contributed by atoms with Gasteiger partial charge < -0.3 is 10.5 Å². The van der Waals surface area contributed by atoms with Gasteiger partial charge >= 0.3 is 0 Å². The highest BCUT2D eigenvalue weighted by Gasteiger charge is 2.38. The second kappa shape index (κ2) is 5.85. The van der Waals surface area contributed by atoms with E-state index in [9.17, 15) is 4.79 Å². The maximum atomic E-state index is 12.6. The fourth-order valence-electron chi connectivity index (χ4n) is 2.65. The van der Waals surface area contributed by atoms with Gasteiger partial charge in [-0.25, -0.2) is 0 Å². The Hall–Kier alpha value is -1.19. The topological polar surface area (TPSA) is 52.3 Å². The number of ether oxygens (including phenoxy) is 1. The zero-order valence-corrected chi connectivity index (χ0v) is 11.9. The van der Waals surface area contributed by atoms with Crippen LogP contribution >= 0.6 is 0 Å². The number of hydrogen-bond donors (Lipinski definition) is 1. The molecule has 0 aromatic heterocycles. The fourth-order valence-corrected chi connectivity index (χ4v) is 2.65. The summed E-state index contributed by atoms with van der Waals surface area (Å²) >= 11 is 0. The van der Waals surface area contributed by atoms with Crippen LogP contribution < -0.4 is 5.73 Å². The molecule has 0 amide bonds. The molecule has 0 atom stereocenters. The molecule has 0 saturated carbocycles. The van der Waals surface area contributed by atoms with Gasteiger partial charge in [0.15, 0.2) is 0 Å². The molecule has 1 saturated heterocycles. The summed E-state index contributed by atoms with van der Waals surface area (Å²) in [7, 11) is 0. The van der Waals surface area contributed by atoms with Crippen molar-refractivity contribution in [1.82, 2.24) is 0 Å². The van der Waals surface area contributed by atoms with Crippen LogP contribution in [0.2, 0.25) is 0 Å². The van der Waals surface area contributed by atoms with Crippen LogP contribution in [0.25, 0.3) is 0 Å². The second-order valence-electron chi connectivity index (χ2n) is 5.62. The molecule has 104 valence electrons. The van der Waals surface area contributed by atoms with Crippen molar-refractivity contribution < 1.29 is 9.53 Å². The van der Waals surface area contributed by atoms with E-state index in [2.05, 4.69) is 26.0 Å². The Morgan fingerprint density at radius 3 is 2.53 bits per heavy atom. The largest absolute Gasteiger partial charge is 0.381 e. The SMILES string of the molecule is Cc1ccc(CC(=O)C2(CN)CCOCC2)cc1C. The smallest absolute Gasteiger partial charge is 0.144 e. The summed E-state index contributed by atoms with van der Waals surface area (Å²) in [6.45, 7) is 5.89. The molecule has 3 heteroatoms. The van der Waals surface area contributed by atoms with Crippen LogP contribution in [0, 0.1) is 19.3 Å². The van der Waals surface area contributed by atoms with E-state index < -0.39 is 0 Å². The lowest BCUT2D eigenvalue weighted by molar-refractivity contribution is -0.132. The van der Waals surface area contributed by atoms with E-state index >= 15 is 0 Å². The van der Waals surface area contributed by atoms with Gasteiger partial charge in [0.05, 0.1) is 0 Å². The molecule has 1 fully saturated rings. The first-order valence-corrected chi connectivity index (χ1v) is 6.95. The van der Waals surface area contributed by atoms with Crippen molar-refractivity contribution in [2.45, 2.75) is 33.1 Å². The molecule has 3 nitrogen and oxygen atoms in total. The van der Waals surface area contributed by atoms with Crippen LogP contribution in [-0.2, 0) is 16.0 Å². The van der Waals surface area contributed by atoms with E-state index in [1.165, 1.54) is 11.1 Å². The summed E-state index contributed by atoms with van der Waals surface area (Å²) < 4.78 is 5.35. The summed E-state index contributed by atoms with van der Waals surface area (Å²) in [6, 6.07) is 6.23. The van der Waals surface area contributed by atoms with E-state index in [1.807, 2.05) is 6.07 Å². The van der Waals surface area contributed by atoms with Gasteiger partial charge in [0.2, 0.25) is 0 Å². The average Bonchev–Trinajstić information content (AvgIpc) is 2.43. The Labute approximate surface area is 115 Å². The highest BCUT2D eigenvalue weighted by molar-refractivity contribution is 5.87. The van der Waals surface area contributed by atoms with Crippen LogP contribution in [0.3, 0.4) is 0 Å². The number of ketones is 1. The number of nitrogens with two attached hydrogens (primary N) is 1. The van der Waals surface area contributed by atoms with Crippen molar-refractivity contribution in [3.05, 3.63) is 34.9 Å². The lowest BCUT2D eigenvalue weighted by atomic mass is 9.74. The number of aryl methyl sites for hydroxylation is 2. The number of benzene rings is 1. The van der Waals surface area contributed by atoms with Crippen molar-refractivity contribution in [1.29, 1.82) is 0 Å². The minimum absolute atomic E-state index is 0.265. The summed E-state index contributed by atoms with van der Waals surface area (Å²) in [5.41, 5.74) is 9.09. The lowest BCUT2D eigenvalue weighted by Gasteiger charge is -2.34. The highest BCUT2D eigenvalue weighted by Crippen LogP contribution is 2.31. The molecule has 0 bridgehead atoms. The van der Waals surface area contributed by atoms with Crippen molar-refractivity contribution in [3.63, 3.8) is 0 Å². The zero-order chi connectivity index (χ0) is 13.9. The molecule has 1 aliphatic heterocycles. The molecule has 0 radical (unpaired) electrons. The monoisotopic (exact) mass is 261 g/mol. The number of Topliss-reactive ketones (excluding diaryl/α,β-unsaturated/α-hetero) is 1. The molecule has 1 aromatic rings. The van der Waals surface area contributed by atoms with Gasteiger partial charge in [0, 0.05) is 31.6 Å². The van der Waals surface area contributed by atoms with E-state index in [0.29, 0.717) is 26.2 Å². The zero-order valence-electron chi connectivity index (χ0n) is 11.9. The number of carbonyl (C=O) groups excluding carboxylic acids is 1. The Kier molecular flexibility index (Phi) is 4.38. The van der Waals surface area contributed by atoms with Crippen LogP contribution in [-0.4, -0.2) is 25.5 Å². The maximum absolute atomic E-state index is 12.6. The number of carbonyl (C=O) groups is 1. The van der Waals surface area contributed by atoms with Crippen LogP contribution in [0.4, 0.5) is 0 Å². The van der Waals surface area contributed by atoms with Gasteiger partial charge in [-0.05, 0) is 43.4 Å². The van der Waals surface area contributed by atoms with Gasteiger partial charge in [-0.2, -0.15) is 0 Å². The Morgan fingerprint density at radius 2 is 1.95 bits per heavy atom. The molecule has 0 aliphatic carbocycles. The van der Waals surface area contributed by atoms with Crippen molar-refractivity contribution >= 4 is 5.78 Å². The lowest BCUT2D eigenvalue weighted by Crippen LogP contribution is -2.44. The van der Waals surface area contributed by atoms with Gasteiger partial charge in [0.1, 0.15) is 5.78 Å². The third-order valence-corrected chi connectivity index (χ3v) is 4.37. The van der Waals surface area contributed by atoms with Gasteiger partial charge in [-0.1, -0.05) is 18.2 Å². The molecular weight excluding hydrogens is 238 g/mol. The van der Waals surface area contributed by atoms with E-state index in [1.54, 1.807) is 0 Å². The number of rotatable bonds is 4. The van der Waals surface area contributed by atoms with Crippen LogP contribution in [0.15, 0.2) is 18.2 Å². The molecule has 2 N–H and O–H groups in total. The first-order chi connectivity index (χ1) is 9.07. The van der Waals surface area contributed by atoms with Gasteiger partial charge in [-0.3, -0.25) is 4.79 Å². The normalized spacial score (nSPS) is 18.3. The fraction of sp³-hybridized carbons (Fsp3) is 0.562. The molecule has 0 spiro atoms. The number of hydrogen-bond acceptors (Lipinski definition) is 3. The Bertz CT molecular complexity index is 462. The molecule has 19 heavy (non-hydrogen) atoms. The first kappa shape index (κ1) is 14.2. The minimum Gasteiger partial charge on any atom is -0.381 e. The van der Waals surface area contributed by atoms with Gasteiger partial charge in [-0.15, -0.1) is 0 Å². The standard InChI is InChI=1S/C16H23NO2/c1-12-3-4-14(9-13(12)2)10-15(18)16(11-17)5-7-19-8-6-16/h3-4,9H,5-8,10-11,17H2,1-2H3. The molecule has 1 heterocycles. The van der Waals surface area contributed by atoms with E-state index in [-0.39, 0.29) is 11.2 Å². The quantitative estimate of drug-likeness (QED) is 0.903. The maximum Gasteiger partial charge on any atom is 0.144 e. The van der Waals surface area contributed by atoms with Crippen molar-refractivity contribution in [2.75, 3.05) is 19.8 Å². The second-order valence-corrected chi connectivity index (χ2v) is 5.62. The molecule has 2 rings (SSSR count). The molecule has 0 unspecified atom stereocenters.